The van der Waals surface area contributed by atoms with Crippen molar-refractivity contribution in [3.05, 3.63) is 54.1 Å². The average Bonchev–Trinajstić information content (AvgIpc) is 2.97. The molecule has 0 saturated carbocycles. The maximum Gasteiger partial charge on any atom is 0.337 e. The van der Waals surface area contributed by atoms with Crippen LogP contribution in [0.2, 0.25) is 0 Å². The molecule has 2 aromatic carbocycles. The second-order valence-electron chi connectivity index (χ2n) is 4.97. The number of hydrogen-bond donors (Lipinski definition) is 0. The maximum absolute atomic E-state index is 11.6. The Hall–Kier alpha value is -2.66. The second kappa shape index (κ2) is 6.22. The molecule has 0 atom stereocenters. The molecular formula is C18H14O4S. The number of fused-ring (bicyclic) bond motifs is 1. The Labute approximate surface area is 137 Å². The van der Waals surface area contributed by atoms with Crippen LogP contribution in [0.25, 0.3) is 20.5 Å². The average molecular weight is 326 g/mol. The second-order valence-corrected chi connectivity index (χ2v) is 6.06. The first-order valence-corrected chi connectivity index (χ1v) is 7.79. The highest BCUT2D eigenvalue weighted by Gasteiger charge is 2.09. The largest absolute Gasteiger partial charge is 0.465 e. The van der Waals surface area contributed by atoms with Crippen LogP contribution in [0, 0.1) is 0 Å². The Morgan fingerprint density at radius 2 is 1.74 bits per heavy atom. The molecule has 0 spiro atoms. The first kappa shape index (κ1) is 15.2. The van der Waals surface area contributed by atoms with Crippen molar-refractivity contribution in [2.24, 2.45) is 0 Å². The molecule has 1 aromatic heterocycles. The van der Waals surface area contributed by atoms with Gasteiger partial charge in [0.25, 0.3) is 0 Å². The molecule has 3 rings (SSSR count). The highest BCUT2D eigenvalue weighted by Crippen LogP contribution is 2.34. The lowest BCUT2D eigenvalue weighted by molar-refractivity contribution is -0.131. The Kier molecular flexibility index (Phi) is 4.12. The topological polar surface area (TPSA) is 52.6 Å². The molecule has 0 radical (unpaired) electrons. The number of hydrogen-bond acceptors (Lipinski definition) is 5. The zero-order chi connectivity index (χ0) is 16.4. The molecule has 0 bridgehead atoms. The zero-order valence-electron chi connectivity index (χ0n) is 12.7. The molecule has 0 aliphatic rings. The minimum atomic E-state index is -0.340. The number of carbonyl (C=O) groups is 2. The fraction of sp³-hybridized carbons (Fsp3) is 0.111. The number of carbonyl (C=O) groups excluding carboxylic acids is 2. The van der Waals surface area contributed by atoms with Crippen molar-refractivity contribution < 1.29 is 19.1 Å². The van der Waals surface area contributed by atoms with E-state index < -0.39 is 0 Å². The van der Waals surface area contributed by atoms with Crippen LogP contribution in [-0.4, -0.2) is 19.0 Å². The zero-order valence-corrected chi connectivity index (χ0v) is 13.5. The monoisotopic (exact) mass is 326 g/mol. The van der Waals surface area contributed by atoms with Crippen molar-refractivity contribution in [1.29, 1.82) is 0 Å². The molecule has 0 fully saturated rings. The van der Waals surface area contributed by atoms with Crippen molar-refractivity contribution in [3.63, 3.8) is 0 Å². The predicted octanol–water partition coefficient (Wildman–Crippen LogP) is 4.28. The molecule has 4 nitrogen and oxygen atoms in total. The number of esters is 2. The molecule has 116 valence electrons. The van der Waals surface area contributed by atoms with E-state index in [-0.39, 0.29) is 11.9 Å². The van der Waals surface area contributed by atoms with Crippen LogP contribution in [0.5, 0.6) is 5.75 Å². The van der Waals surface area contributed by atoms with Crippen molar-refractivity contribution >= 4 is 33.4 Å². The van der Waals surface area contributed by atoms with Gasteiger partial charge in [0, 0.05) is 16.5 Å². The number of thiophene rings is 1. The number of ether oxygens (including phenoxy) is 2. The molecule has 0 aliphatic carbocycles. The summed E-state index contributed by atoms with van der Waals surface area (Å²) in [5.41, 5.74) is 1.57. The first-order valence-electron chi connectivity index (χ1n) is 6.97. The summed E-state index contributed by atoms with van der Waals surface area (Å²) in [7, 11) is 1.37. The molecule has 0 amide bonds. The molecule has 1 heterocycles. The molecule has 5 heteroatoms. The Morgan fingerprint density at radius 3 is 2.39 bits per heavy atom. The van der Waals surface area contributed by atoms with Gasteiger partial charge in [-0.3, -0.25) is 4.79 Å². The lowest BCUT2D eigenvalue weighted by Crippen LogP contribution is -2.00. The van der Waals surface area contributed by atoms with Gasteiger partial charge in [0.1, 0.15) is 5.75 Å². The quantitative estimate of drug-likeness (QED) is 0.532. The summed E-state index contributed by atoms with van der Waals surface area (Å²) in [5, 5.41) is 1.07. The Balaban J connectivity index is 1.93. The van der Waals surface area contributed by atoms with Gasteiger partial charge in [0.05, 0.1) is 12.7 Å². The minimum Gasteiger partial charge on any atom is -0.465 e. The van der Waals surface area contributed by atoms with Crippen LogP contribution >= 0.6 is 11.3 Å². The van der Waals surface area contributed by atoms with Crippen molar-refractivity contribution in [2.75, 3.05) is 7.11 Å². The van der Waals surface area contributed by atoms with Gasteiger partial charge in [0.2, 0.25) is 0 Å². The van der Waals surface area contributed by atoms with E-state index in [1.54, 1.807) is 29.5 Å². The summed E-state index contributed by atoms with van der Waals surface area (Å²) in [6, 6.07) is 14.9. The Morgan fingerprint density at radius 1 is 1.00 bits per heavy atom. The summed E-state index contributed by atoms with van der Waals surface area (Å²) in [6.45, 7) is 1.37. The van der Waals surface area contributed by atoms with Crippen molar-refractivity contribution in [3.8, 4) is 16.2 Å². The summed E-state index contributed by atoms with van der Waals surface area (Å²) >= 11 is 1.60. The molecule has 0 saturated heterocycles. The van der Waals surface area contributed by atoms with E-state index >= 15 is 0 Å². The van der Waals surface area contributed by atoms with E-state index in [1.165, 1.54) is 14.0 Å². The molecule has 0 aliphatic heterocycles. The molecule has 0 N–H and O–H groups in total. The van der Waals surface area contributed by atoms with Gasteiger partial charge in [-0.05, 0) is 53.4 Å². The van der Waals surface area contributed by atoms with Crippen LogP contribution < -0.4 is 4.74 Å². The van der Waals surface area contributed by atoms with Crippen LogP contribution in [0.15, 0.2) is 48.5 Å². The van der Waals surface area contributed by atoms with Crippen LogP contribution in [-0.2, 0) is 9.53 Å². The van der Waals surface area contributed by atoms with Gasteiger partial charge < -0.3 is 9.47 Å². The van der Waals surface area contributed by atoms with E-state index in [0.717, 1.165) is 20.5 Å². The SMILES string of the molecule is COC(=O)c1ccc2cc(-c3ccc(OC(C)=O)cc3)sc2c1. The van der Waals surface area contributed by atoms with E-state index in [0.29, 0.717) is 11.3 Å². The minimum absolute atomic E-state index is 0.338. The lowest BCUT2D eigenvalue weighted by Gasteiger charge is -2.02. The summed E-state index contributed by atoms with van der Waals surface area (Å²) in [5.74, 6) is -0.155. The lowest BCUT2D eigenvalue weighted by atomic mass is 10.1. The normalized spacial score (nSPS) is 10.5. The fourth-order valence-corrected chi connectivity index (χ4v) is 3.38. The van der Waals surface area contributed by atoms with Crippen LogP contribution in [0.4, 0.5) is 0 Å². The van der Waals surface area contributed by atoms with E-state index in [9.17, 15) is 9.59 Å². The van der Waals surface area contributed by atoms with Crippen molar-refractivity contribution in [1.82, 2.24) is 0 Å². The highest BCUT2D eigenvalue weighted by molar-refractivity contribution is 7.22. The first-order chi connectivity index (χ1) is 11.1. The molecule has 23 heavy (non-hydrogen) atoms. The van der Waals surface area contributed by atoms with Crippen LogP contribution in [0.3, 0.4) is 0 Å². The van der Waals surface area contributed by atoms with Gasteiger partial charge in [-0.15, -0.1) is 11.3 Å². The van der Waals surface area contributed by atoms with Gasteiger partial charge >= 0.3 is 11.9 Å². The van der Waals surface area contributed by atoms with Crippen molar-refractivity contribution in [2.45, 2.75) is 6.92 Å². The fourth-order valence-electron chi connectivity index (χ4n) is 2.27. The molecule has 0 unspecified atom stereocenters. The third kappa shape index (κ3) is 3.24. The van der Waals surface area contributed by atoms with Crippen LogP contribution in [0.1, 0.15) is 17.3 Å². The predicted molar refractivity (Wildman–Crippen MR) is 89.9 cm³/mol. The van der Waals surface area contributed by atoms with Gasteiger partial charge in [0.15, 0.2) is 0 Å². The molecular weight excluding hydrogens is 312 g/mol. The molecule has 3 aromatic rings. The number of rotatable bonds is 3. The van der Waals surface area contributed by atoms with E-state index in [4.69, 9.17) is 9.47 Å². The highest BCUT2D eigenvalue weighted by atomic mass is 32.1. The summed E-state index contributed by atoms with van der Waals surface area (Å²) in [6.07, 6.45) is 0. The third-order valence-electron chi connectivity index (χ3n) is 3.34. The van der Waals surface area contributed by atoms with Gasteiger partial charge in [-0.1, -0.05) is 6.07 Å². The standard InChI is InChI=1S/C18H14O4S/c1-11(19)22-15-7-5-12(6-8-15)16-9-13-3-4-14(18(20)21-2)10-17(13)23-16/h3-10H,1-2H3. The van der Waals surface area contributed by atoms with Gasteiger partial charge in [-0.2, -0.15) is 0 Å². The van der Waals surface area contributed by atoms with Gasteiger partial charge in [-0.25, -0.2) is 4.79 Å². The van der Waals surface area contributed by atoms with E-state index in [2.05, 4.69) is 6.07 Å². The van der Waals surface area contributed by atoms with E-state index in [1.807, 2.05) is 24.3 Å². The number of methoxy groups -OCH3 is 1. The Bertz CT molecular complexity index is 878. The third-order valence-corrected chi connectivity index (χ3v) is 4.49. The smallest absolute Gasteiger partial charge is 0.337 e. The summed E-state index contributed by atoms with van der Waals surface area (Å²) in [4.78, 5) is 23.6. The number of benzene rings is 2. The maximum atomic E-state index is 11.6. The summed E-state index contributed by atoms with van der Waals surface area (Å²) < 4.78 is 10.8.